The first-order valence-electron chi connectivity index (χ1n) is 5.62. The molecule has 6 heteroatoms. The van der Waals surface area contributed by atoms with Gasteiger partial charge in [0.15, 0.2) is 0 Å². The number of aliphatic hydroxyl groups is 1. The summed E-state index contributed by atoms with van der Waals surface area (Å²) in [6.07, 6.45) is 0.949. The Morgan fingerprint density at radius 1 is 1.41 bits per heavy atom. The quantitative estimate of drug-likeness (QED) is 0.726. The number of unbranched alkanes of at least 4 members (excludes halogenated alkanes) is 1. The Morgan fingerprint density at radius 3 is 2.65 bits per heavy atom. The molecular weight excluding hydrogens is 242 g/mol. The van der Waals surface area contributed by atoms with Crippen molar-refractivity contribution in [2.24, 2.45) is 0 Å². The maximum atomic E-state index is 11.7. The minimum atomic E-state index is -3.31. The van der Waals surface area contributed by atoms with Gasteiger partial charge in [0, 0.05) is 6.61 Å². The van der Waals surface area contributed by atoms with Crippen LogP contribution in [0, 0.1) is 6.92 Å². The summed E-state index contributed by atoms with van der Waals surface area (Å²) in [5.41, 5.74) is 0. The summed E-state index contributed by atoms with van der Waals surface area (Å²) in [4.78, 5) is 0. The smallest absolute Gasteiger partial charge is 0.212 e. The van der Waals surface area contributed by atoms with Crippen molar-refractivity contribution in [3.8, 4) is 0 Å². The molecule has 1 heterocycles. The van der Waals surface area contributed by atoms with Crippen molar-refractivity contribution in [2.75, 3.05) is 12.4 Å². The average molecular weight is 261 g/mol. The number of aliphatic hydroxyl groups excluding tert-OH is 1. The van der Waals surface area contributed by atoms with E-state index in [1.54, 1.807) is 19.1 Å². The van der Waals surface area contributed by atoms with E-state index in [0.29, 0.717) is 18.6 Å². The number of hydrogen-bond acceptors (Lipinski definition) is 4. The molecule has 17 heavy (non-hydrogen) atoms. The van der Waals surface area contributed by atoms with E-state index in [2.05, 4.69) is 4.72 Å². The van der Waals surface area contributed by atoms with E-state index < -0.39 is 10.0 Å². The van der Waals surface area contributed by atoms with E-state index in [4.69, 9.17) is 9.52 Å². The number of furan rings is 1. The van der Waals surface area contributed by atoms with Gasteiger partial charge < -0.3 is 9.52 Å². The summed E-state index contributed by atoms with van der Waals surface area (Å²) < 4.78 is 31.2. The van der Waals surface area contributed by atoms with Crippen LogP contribution in [0.25, 0.3) is 0 Å². The van der Waals surface area contributed by atoms with Gasteiger partial charge >= 0.3 is 0 Å². The second-order valence-electron chi connectivity index (χ2n) is 4.04. The molecule has 0 saturated carbocycles. The highest BCUT2D eigenvalue weighted by molar-refractivity contribution is 7.89. The number of aryl methyl sites for hydroxylation is 1. The van der Waals surface area contributed by atoms with Gasteiger partial charge in [-0.3, -0.25) is 0 Å². The molecule has 0 aromatic carbocycles. The predicted octanol–water partition coefficient (Wildman–Crippen LogP) is 1.34. The predicted molar refractivity (Wildman–Crippen MR) is 65.1 cm³/mol. The van der Waals surface area contributed by atoms with Crippen LogP contribution >= 0.6 is 0 Å². The first kappa shape index (κ1) is 14.2. The Hall–Kier alpha value is -0.850. The van der Waals surface area contributed by atoms with Crippen LogP contribution in [0.1, 0.15) is 37.3 Å². The highest BCUT2D eigenvalue weighted by atomic mass is 32.2. The average Bonchev–Trinajstić information content (AvgIpc) is 2.64. The van der Waals surface area contributed by atoms with Gasteiger partial charge in [0.2, 0.25) is 10.0 Å². The summed E-state index contributed by atoms with van der Waals surface area (Å²) in [5, 5.41) is 8.60. The number of nitrogens with one attached hydrogen (secondary N) is 1. The molecule has 0 bridgehead atoms. The molecule has 1 aromatic heterocycles. The van der Waals surface area contributed by atoms with Crippen LogP contribution in [0.4, 0.5) is 0 Å². The molecule has 1 unspecified atom stereocenters. The van der Waals surface area contributed by atoms with Gasteiger partial charge in [-0.25, -0.2) is 13.1 Å². The van der Waals surface area contributed by atoms with Crippen molar-refractivity contribution in [3.05, 3.63) is 23.7 Å². The molecule has 2 N–H and O–H groups in total. The lowest BCUT2D eigenvalue weighted by molar-refractivity contribution is 0.287. The fourth-order valence-corrected chi connectivity index (χ4v) is 2.83. The zero-order valence-electron chi connectivity index (χ0n) is 10.1. The summed E-state index contributed by atoms with van der Waals surface area (Å²) in [7, 11) is -3.31. The topological polar surface area (TPSA) is 79.5 Å². The molecule has 98 valence electrons. The van der Waals surface area contributed by atoms with Crippen LogP contribution in [0.2, 0.25) is 0 Å². The lowest BCUT2D eigenvalue weighted by atomic mass is 10.3. The standard InChI is InChI=1S/C11H19NO4S/c1-9-5-6-11(16-9)10(2)12-17(14,15)8-4-3-7-13/h5-6,10,12-13H,3-4,7-8H2,1-2H3. The maximum Gasteiger partial charge on any atom is 0.212 e. The van der Waals surface area contributed by atoms with Crippen molar-refractivity contribution in [1.82, 2.24) is 4.72 Å². The Labute approximate surface area is 102 Å². The lowest BCUT2D eigenvalue weighted by Gasteiger charge is -2.11. The van der Waals surface area contributed by atoms with E-state index in [9.17, 15) is 8.42 Å². The zero-order chi connectivity index (χ0) is 12.9. The Balaban J connectivity index is 2.52. The fourth-order valence-electron chi connectivity index (χ4n) is 1.48. The van der Waals surface area contributed by atoms with Gasteiger partial charge in [-0.15, -0.1) is 0 Å². The van der Waals surface area contributed by atoms with Gasteiger partial charge in [-0.05, 0) is 38.8 Å². The molecular formula is C11H19NO4S. The Kier molecular flexibility index (Phi) is 5.17. The second kappa shape index (κ2) is 6.18. The molecule has 5 nitrogen and oxygen atoms in total. The van der Waals surface area contributed by atoms with E-state index in [0.717, 1.165) is 5.76 Å². The third kappa shape index (κ3) is 4.89. The van der Waals surface area contributed by atoms with Crippen LogP contribution in [-0.4, -0.2) is 25.9 Å². The van der Waals surface area contributed by atoms with Crippen molar-refractivity contribution in [1.29, 1.82) is 0 Å². The molecule has 0 aliphatic heterocycles. The molecule has 0 spiro atoms. The first-order valence-corrected chi connectivity index (χ1v) is 7.27. The van der Waals surface area contributed by atoms with E-state index in [1.165, 1.54) is 0 Å². The highest BCUT2D eigenvalue weighted by Crippen LogP contribution is 2.16. The van der Waals surface area contributed by atoms with Crippen LogP contribution in [0.3, 0.4) is 0 Å². The van der Waals surface area contributed by atoms with Crippen molar-refractivity contribution >= 4 is 10.0 Å². The summed E-state index contributed by atoms with van der Waals surface area (Å²) in [6, 6.07) is 3.19. The molecule has 0 aliphatic rings. The fraction of sp³-hybridized carbons (Fsp3) is 0.636. The minimum Gasteiger partial charge on any atom is -0.465 e. The maximum absolute atomic E-state index is 11.7. The minimum absolute atomic E-state index is 0.0163. The number of hydrogen-bond donors (Lipinski definition) is 2. The van der Waals surface area contributed by atoms with Gasteiger partial charge in [0.05, 0.1) is 11.8 Å². The van der Waals surface area contributed by atoms with Gasteiger partial charge in [0.1, 0.15) is 11.5 Å². The van der Waals surface area contributed by atoms with E-state index in [1.807, 2.05) is 6.92 Å². The largest absolute Gasteiger partial charge is 0.465 e. The van der Waals surface area contributed by atoms with Crippen LogP contribution < -0.4 is 4.72 Å². The second-order valence-corrected chi connectivity index (χ2v) is 5.91. The Morgan fingerprint density at radius 2 is 2.12 bits per heavy atom. The van der Waals surface area contributed by atoms with Crippen LogP contribution in [0.15, 0.2) is 16.5 Å². The SMILES string of the molecule is Cc1ccc(C(C)NS(=O)(=O)CCCCO)o1. The molecule has 0 amide bonds. The van der Waals surface area contributed by atoms with E-state index in [-0.39, 0.29) is 18.4 Å². The molecule has 0 fully saturated rings. The van der Waals surface area contributed by atoms with Crippen LogP contribution in [-0.2, 0) is 10.0 Å². The van der Waals surface area contributed by atoms with Gasteiger partial charge in [-0.1, -0.05) is 0 Å². The molecule has 0 radical (unpaired) electrons. The molecule has 1 atom stereocenters. The van der Waals surface area contributed by atoms with Gasteiger partial charge in [-0.2, -0.15) is 0 Å². The number of rotatable bonds is 7. The van der Waals surface area contributed by atoms with Crippen molar-refractivity contribution in [2.45, 2.75) is 32.7 Å². The third-order valence-corrected chi connectivity index (χ3v) is 3.90. The number of sulfonamides is 1. The zero-order valence-corrected chi connectivity index (χ0v) is 11.0. The third-order valence-electron chi connectivity index (χ3n) is 2.37. The molecule has 1 aromatic rings. The summed E-state index contributed by atoms with van der Waals surface area (Å²) in [5.74, 6) is 1.39. The highest BCUT2D eigenvalue weighted by Gasteiger charge is 2.17. The Bertz CT molecular complexity index is 438. The lowest BCUT2D eigenvalue weighted by Crippen LogP contribution is -2.29. The molecule has 0 aliphatic carbocycles. The van der Waals surface area contributed by atoms with E-state index >= 15 is 0 Å². The molecule has 1 rings (SSSR count). The summed E-state index contributed by atoms with van der Waals surface area (Å²) in [6.45, 7) is 3.57. The van der Waals surface area contributed by atoms with Crippen molar-refractivity contribution in [3.63, 3.8) is 0 Å². The van der Waals surface area contributed by atoms with Crippen molar-refractivity contribution < 1.29 is 17.9 Å². The first-order chi connectivity index (χ1) is 7.94. The monoisotopic (exact) mass is 261 g/mol. The summed E-state index contributed by atoms with van der Waals surface area (Å²) >= 11 is 0. The molecule has 0 saturated heterocycles. The van der Waals surface area contributed by atoms with Gasteiger partial charge in [0.25, 0.3) is 0 Å². The van der Waals surface area contributed by atoms with Crippen LogP contribution in [0.5, 0.6) is 0 Å². The normalized spacial score (nSPS) is 13.8.